The predicted molar refractivity (Wildman–Crippen MR) is 123 cm³/mol. The minimum atomic E-state index is 0.434. The monoisotopic (exact) mass is 498 g/mol. The first kappa shape index (κ1) is 21.3. The average molecular weight is 500 g/mol. The SMILES string of the molecule is COc1cccc(COc2c(Br)cc(Cl)cc2CCc2ccc(-c3nn[nH]n3)cc2)c1. The highest BCUT2D eigenvalue weighted by atomic mass is 79.9. The molecule has 0 radical (unpaired) electrons. The molecule has 0 saturated heterocycles. The first-order chi connectivity index (χ1) is 15.1. The fourth-order valence-corrected chi connectivity index (χ4v) is 4.25. The molecule has 0 fully saturated rings. The molecular weight excluding hydrogens is 480 g/mol. The second-order valence-electron chi connectivity index (χ2n) is 6.95. The van der Waals surface area contributed by atoms with Crippen molar-refractivity contribution in [3.63, 3.8) is 0 Å². The van der Waals surface area contributed by atoms with E-state index in [9.17, 15) is 0 Å². The van der Waals surface area contributed by atoms with Crippen molar-refractivity contribution in [3.8, 4) is 22.9 Å². The summed E-state index contributed by atoms with van der Waals surface area (Å²) in [5, 5.41) is 14.7. The van der Waals surface area contributed by atoms with Crippen LogP contribution in [0.15, 0.2) is 65.1 Å². The molecule has 3 aromatic carbocycles. The lowest BCUT2D eigenvalue weighted by atomic mass is 10.0. The van der Waals surface area contributed by atoms with Gasteiger partial charge in [0.2, 0.25) is 5.82 Å². The van der Waals surface area contributed by atoms with Crippen LogP contribution in [0.5, 0.6) is 11.5 Å². The molecule has 1 N–H and O–H groups in total. The van der Waals surface area contributed by atoms with Gasteiger partial charge in [-0.15, -0.1) is 10.2 Å². The Morgan fingerprint density at radius 3 is 2.58 bits per heavy atom. The summed E-state index contributed by atoms with van der Waals surface area (Å²) < 4.78 is 12.3. The summed E-state index contributed by atoms with van der Waals surface area (Å²) in [7, 11) is 1.66. The van der Waals surface area contributed by atoms with Gasteiger partial charge in [-0.2, -0.15) is 5.21 Å². The third-order valence-corrected chi connectivity index (χ3v) is 5.65. The number of hydrogen-bond acceptors (Lipinski definition) is 5. The summed E-state index contributed by atoms with van der Waals surface area (Å²) in [6.45, 7) is 0.434. The fourth-order valence-electron chi connectivity index (χ4n) is 3.26. The molecule has 0 atom stereocenters. The molecule has 31 heavy (non-hydrogen) atoms. The van der Waals surface area contributed by atoms with Crippen LogP contribution in [-0.4, -0.2) is 27.7 Å². The Morgan fingerprint density at radius 2 is 1.84 bits per heavy atom. The zero-order valence-corrected chi connectivity index (χ0v) is 19.2. The van der Waals surface area contributed by atoms with Crippen molar-refractivity contribution < 1.29 is 9.47 Å². The molecule has 1 aromatic heterocycles. The summed E-state index contributed by atoms with van der Waals surface area (Å²) in [4.78, 5) is 0. The molecule has 0 aliphatic rings. The smallest absolute Gasteiger partial charge is 0.204 e. The highest BCUT2D eigenvalue weighted by Crippen LogP contribution is 2.34. The molecule has 0 unspecified atom stereocenters. The zero-order valence-electron chi connectivity index (χ0n) is 16.8. The van der Waals surface area contributed by atoms with Gasteiger partial charge in [0.25, 0.3) is 0 Å². The van der Waals surface area contributed by atoms with Crippen LogP contribution in [0.25, 0.3) is 11.4 Å². The van der Waals surface area contributed by atoms with E-state index in [1.165, 1.54) is 5.56 Å². The number of nitrogens with zero attached hydrogens (tertiary/aromatic N) is 3. The average Bonchev–Trinajstić information content (AvgIpc) is 3.32. The van der Waals surface area contributed by atoms with E-state index < -0.39 is 0 Å². The van der Waals surface area contributed by atoms with Crippen LogP contribution in [0.3, 0.4) is 0 Å². The third-order valence-electron chi connectivity index (χ3n) is 4.84. The summed E-state index contributed by atoms with van der Waals surface area (Å²) in [5.74, 6) is 2.19. The van der Waals surface area contributed by atoms with Gasteiger partial charge < -0.3 is 9.47 Å². The number of halogens is 2. The van der Waals surface area contributed by atoms with Crippen LogP contribution in [0, 0.1) is 0 Å². The van der Waals surface area contributed by atoms with Crippen LogP contribution >= 0.6 is 27.5 Å². The molecule has 0 spiro atoms. The second-order valence-corrected chi connectivity index (χ2v) is 8.24. The van der Waals surface area contributed by atoms with Crippen molar-refractivity contribution in [2.75, 3.05) is 7.11 Å². The molecule has 4 aromatic rings. The van der Waals surface area contributed by atoms with E-state index >= 15 is 0 Å². The lowest BCUT2D eigenvalue weighted by Gasteiger charge is -2.15. The van der Waals surface area contributed by atoms with Gasteiger partial charge in [-0.1, -0.05) is 48.0 Å². The van der Waals surface area contributed by atoms with E-state index in [1.807, 2.05) is 48.5 Å². The minimum Gasteiger partial charge on any atom is -0.497 e. The number of aromatic amines is 1. The number of aryl methyl sites for hydroxylation is 2. The number of hydrogen-bond donors (Lipinski definition) is 1. The zero-order chi connectivity index (χ0) is 21.6. The minimum absolute atomic E-state index is 0.434. The van der Waals surface area contributed by atoms with E-state index in [0.29, 0.717) is 17.5 Å². The second kappa shape index (κ2) is 9.94. The van der Waals surface area contributed by atoms with Crippen molar-refractivity contribution in [1.29, 1.82) is 0 Å². The maximum atomic E-state index is 6.31. The normalized spacial score (nSPS) is 10.8. The lowest BCUT2D eigenvalue weighted by molar-refractivity contribution is 0.300. The standard InChI is InChI=1S/C23H20BrClN4O2/c1-30-20-4-2-3-16(11-20)14-31-22-18(12-19(25)13-21(22)24)10-7-15-5-8-17(9-6-15)23-26-28-29-27-23/h2-6,8-9,11-13H,7,10,14H2,1H3,(H,26,27,28,29). The third kappa shape index (κ3) is 5.42. The Balaban J connectivity index is 1.47. The summed E-state index contributed by atoms with van der Waals surface area (Å²) >= 11 is 9.91. The fraction of sp³-hybridized carbons (Fsp3) is 0.174. The number of H-pyrrole nitrogens is 1. The Labute approximate surface area is 193 Å². The van der Waals surface area contributed by atoms with Crippen molar-refractivity contribution in [3.05, 3.63) is 86.8 Å². The van der Waals surface area contributed by atoms with Crippen molar-refractivity contribution >= 4 is 27.5 Å². The molecule has 4 rings (SSSR count). The van der Waals surface area contributed by atoms with Crippen LogP contribution in [0.1, 0.15) is 16.7 Å². The molecule has 0 aliphatic carbocycles. The van der Waals surface area contributed by atoms with Crippen LogP contribution < -0.4 is 9.47 Å². The van der Waals surface area contributed by atoms with Gasteiger partial charge in [-0.05, 0) is 74.9 Å². The molecule has 6 nitrogen and oxygen atoms in total. The van der Waals surface area contributed by atoms with Crippen molar-refractivity contribution in [2.24, 2.45) is 0 Å². The number of methoxy groups -OCH3 is 1. The molecular formula is C23H20BrClN4O2. The van der Waals surface area contributed by atoms with E-state index in [0.717, 1.165) is 45.5 Å². The quantitative estimate of drug-likeness (QED) is 0.339. The predicted octanol–water partition coefficient (Wildman–Crippen LogP) is 5.66. The number of tetrazole rings is 1. The van der Waals surface area contributed by atoms with E-state index in [2.05, 4.69) is 48.7 Å². The number of rotatable bonds is 8. The molecule has 0 amide bonds. The molecule has 1 heterocycles. The van der Waals surface area contributed by atoms with Crippen LogP contribution in [0.4, 0.5) is 0 Å². The van der Waals surface area contributed by atoms with Crippen molar-refractivity contribution in [1.82, 2.24) is 20.6 Å². The summed E-state index contributed by atoms with van der Waals surface area (Å²) in [6.07, 6.45) is 1.63. The molecule has 0 aliphatic heterocycles. The van der Waals surface area contributed by atoms with Gasteiger partial charge in [0, 0.05) is 10.6 Å². The Hall–Kier alpha value is -2.90. The van der Waals surface area contributed by atoms with Gasteiger partial charge in [0.1, 0.15) is 18.1 Å². The van der Waals surface area contributed by atoms with Gasteiger partial charge in [0.05, 0.1) is 11.6 Å². The van der Waals surface area contributed by atoms with Crippen LogP contribution in [0.2, 0.25) is 5.02 Å². The number of nitrogens with one attached hydrogen (secondary N) is 1. The Morgan fingerprint density at radius 1 is 1.00 bits per heavy atom. The lowest BCUT2D eigenvalue weighted by Crippen LogP contribution is -2.01. The maximum absolute atomic E-state index is 6.31. The van der Waals surface area contributed by atoms with E-state index in [1.54, 1.807) is 7.11 Å². The van der Waals surface area contributed by atoms with Gasteiger partial charge in [-0.3, -0.25) is 0 Å². The highest BCUT2D eigenvalue weighted by molar-refractivity contribution is 9.10. The summed E-state index contributed by atoms with van der Waals surface area (Å²) in [6, 6.07) is 19.8. The first-order valence-electron chi connectivity index (χ1n) is 9.69. The van der Waals surface area contributed by atoms with E-state index in [-0.39, 0.29) is 0 Å². The molecule has 0 saturated carbocycles. The number of ether oxygens (including phenoxy) is 2. The largest absolute Gasteiger partial charge is 0.497 e. The number of aromatic nitrogens is 4. The van der Waals surface area contributed by atoms with Crippen molar-refractivity contribution in [2.45, 2.75) is 19.4 Å². The van der Waals surface area contributed by atoms with Gasteiger partial charge in [0.15, 0.2) is 0 Å². The Bertz CT molecular complexity index is 1150. The number of benzene rings is 3. The molecule has 0 bridgehead atoms. The molecule has 8 heteroatoms. The van der Waals surface area contributed by atoms with Gasteiger partial charge >= 0.3 is 0 Å². The van der Waals surface area contributed by atoms with Gasteiger partial charge in [-0.25, -0.2) is 0 Å². The van der Waals surface area contributed by atoms with E-state index in [4.69, 9.17) is 21.1 Å². The maximum Gasteiger partial charge on any atom is 0.204 e. The first-order valence-corrected chi connectivity index (χ1v) is 10.9. The Kier molecular flexibility index (Phi) is 6.84. The highest BCUT2D eigenvalue weighted by Gasteiger charge is 2.12. The molecule has 158 valence electrons. The van der Waals surface area contributed by atoms with Crippen LogP contribution in [-0.2, 0) is 19.4 Å². The topological polar surface area (TPSA) is 72.9 Å². The summed E-state index contributed by atoms with van der Waals surface area (Å²) in [5.41, 5.74) is 4.20.